The number of Topliss-reactive ketones (excluding diaryl/α,β-unsaturated/α-hetero) is 1. The molecule has 2 aromatic carbocycles. The summed E-state index contributed by atoms with van der Waals surface area (Å²) in [5.41, 5.74) is 0.734. The molecule has 1 aliphatic heterocycles. The zero-order valence-electron chi connectivity index (χ0n) is 20.8. The molecule has 0 aromatic heterocycles. The number of carbonyl (C=O) groups excluding carboxylic acids is 2. The number of unbranched alkanes of at least 4 members (excludes halogenated alkanes) is 1. The Morgan fingerprint density at radius 2 is 1.83 bits per heavy atom. The third kappa shape index (κ3) is 5.95. The van der Waals surface area contributed by atoms with E-state index in [1.807, 2.05) is 14.1 Å². The van der Waals surface area contributed by atoms with Crippen LogP contribution in [-0.2, 0) is 9.59 Å². The van der Waals surface area contributed by atoms with E-state index >= 15 is 0 Å². The van der Waals surface area contributed by atoms with Crippen LogP contribution >= 0.6 is 0 Å². The van der Waals surface area contributed by atoms with Gasteiger partial charge in [0.05, 0.1) is 40.4 Å². The van der Waals surface area contributed by atoms with Crippen LogP contribution in [0.1, 0.15) is 43.4 Å². The van der Waals surface area contributed by atoms with Crippen molar-refractivity contribution >= 4 is 17.4 Å². The Labute approximate surface area is 206 Å². The number of carbonyl (C=O) groups is 2. The van der Waals surface area contributed by atoms with Gasteiger partial charge >= 0.3 is 0 Å². The smallest absolute Gasteiger partial charge is 0.295 e. The average Bonchev–Trinajstić information content (AvgIpc) is 3.09. The van der Waals surface area contributed by atoms with Gasteiger partial charge in [-0.15, -0.1) is 0 Å². The molecule has 1 amide bonds. The van der Waals surface area contributed by atoms with E-state index in [9.17, 15) is 19.8 Å². The van der Waals surface area contributed by atoms with Crippen molar-refractivity contribution in [2.24, 2.45) is 0 Å². The third-order valence-electron chi connectivity index (χ3n) is 6.01. The first-order valence-electron chi connectivity index (χ1n) is 11.9. The van der Waals surface area contributed by atoms with Crippen molar-refractivity contribution < 1.29 is 34.2 Å². The zero-order valence-corrected chi connectivity index (χ0v) is 20.8. The predicted molar refractivity (Wildman–Crippen MR) is 130 cm³/mol. The van der Waals surface area contributed by atoms with Crippen LogP contribution in [0.25, 0.3) is 5.76 Å². The van der Waals surface area contributed by atoms with Crippen molar-refractivity contribution in [2.45, 2.75) is 32.2 Å². The van der Waals surface area contributed by atoms with Crippen molar-refractivity contribution in [1.82, 2.24) is 4.90 Å². The van der Waals surface area contributed by atoms with Crippen molar-refractivity contribution in [3.8, 4) is 17.2 Å². The van der Waals surface area contributed by atoms with Gasteiger partial charge in [0.2, 0.25) is 5.78 Å². The SMILES string of the molecule is CCCCOc1ccc(C([O-])=C2C(=O)C(=O)N(CCC[NH+](C)C)C2c2ccc(O)c(OC)c2)cc1. The van der Waals surface area contributed by atoms with E-state index in [1.54, 1.807) is 36.4 Å². The number of nitrogens with one attached hydrogen (secondary N) is 1. The van der Waals surface area contributed by atoms with Gasteiger partial charge in [0.25, 0.3) is 5.91 Å². The van der Waals surface area contributed by atoms with E-state index in [0.717, 1.165) is 19.4 Å². The molecule has 1 fully saturated rings. The van der Waals surface area contributed by atoms with Crippen molar-refractivity contribution in [3.05, 3.63) is 59.2 Å². The number of nitrogens with zero attached hydrogens (tertiary/aromatic N) is 1. The number of hydrogen-bond donors (Lipinski definition) is 2. The van der Waals surface area contributed by atoms with E-state index < -0.39 is 23.5 Å². The van der Waals surface area contributed by atoms with Crippen LogP contribution in [0, 0.1) is 0 Å². The first-order chi connectivity index (χ1) is 16.8. The quantitative estimate of drug-likeness (QED) is 0.217. The summed E-state index contributed by atoms with van der Waals surface area (Å²) in [4.78, 5) is 28.8. The van der Waals surface area contributed by atoms with Gasteiger partial charge in [-0.25, -0.2) is 0 Å². The van der Waals surface area contributed by atoms with E-state index in [2.05, 4.69) is 6.92 Å². The minimum Gasteiger partial charge on any atom is -0.872 e. The van der Waals surface area contributed by atoms with E-state index in [-0.39, 0.29) is 17.1 Å². The molecule has 0 saturated carbocycles. The highest BCUT2D eigenvalue weighted by molar-refractivity contribution is 6.46. The maximum absolute atomic E-state index is 13.5. The molecule has 1 heterocycles. The minimum absolute atomic E-state index is 0.0683. The Hall–Kier alpha value is -3.52. The van der Waals surface area contributed by atoms with Gasteiger partial charge in [-0.05, 0) is 41.8 Å². The van der Waals surface area contributed by atoms with Crippen LogP contribution in [0.2, 0.25) is 0 Å². The van der Waals surface area contributed by atoms with Gasteiger partial charge in [0, 0.05) is 18.5 Å². The highest BCUT2D eigenvalue weighted by atomic mass is 16.5. The Morgan fingerprint density at radius 3 is 2.46 bits per heavy atom. The maximum atomic E-state index is 13.5. The second kappa shape index (κ2) is 11.8. The number of benzene rings is 2. The molecule has 8 nitrogen and oxygen atoms in total. The van der Waals surface area contributed by atoms with Crippen LogP contribution in [0.15, 0.2) is 48.0 Å². The molecule has 8 heteroatoms. The fraction of sp³-hybridized carbons (Fsp3) is 0.407. The summed E-state index contributed by atoms with van der Waals surface area (Å²) in [6.07, 6.45) is 2.61. The van der Waals surface area contributed by atoms with Crippen molar-refractivity contribution in [1.29, 1.82) is 0 Å². The molecular weight excluding hydrogens is 448 g/mol. The van der Waals surface area contributed by atoms with E-state index in [1.165, 1.54) is 23.0 Å². The first kappa shape index (κ1) is 26.1. The zero-order chi connectivity index (χ0) is 25.5. The Morgan fingerprint density at radius 1 is 1.11 bits per heavy atom. The van der Waals surface area contributed by atoms with Gasteiger partial charge in [-0.3, -0.25) is 9.59 Å². The molecule has 2 N–H and O–H groups in total. The molecule has 188 valence electrons. The summed E-state index contributed by atoms with van der Waals surface area (Å²) < 4.78 is 10.9. The Balaban J connectivity index is 2.03. The fourth-order valence-electron chi connectivity index (χ4n) is 4.11. The molecule has 0 spiro atoms. The molecule has 3 rings (SSSR count). The molecule has 35 heavy (non-hydrogen) atoms. The standard InChI is InChI=1S/C27H34N2O6/c1-5-6-16-35-20-11-8-18(9-12-20)25(31)23-24(19-10-13-21(30)22(17-19)34-4)29(27(33)26(23)32)15-7-14-28(2)3/h8-13,17,24,30-31H,5-7,14-16H2,1-4H3. The monoisotopic (exact) mass is 482 g/mol. The molecule has 1 atom stereocenters. The second-order valence-corrected chi connectivity index (χ2v) is 8.94. The molecule has 0 radical (unpaired) electrons. The number of quaternary nitrogens is 1. The van der Waals surface area contributed by atoms with Crippen LogP contribution in [-0.4, -0.2) is 62.6 Å². The van der Waals surface area contributed by atoms with Crippen LogP contribution in [0.5, 0.6) is 17.2 Å². The minimum atomic E-state index is -0.866. The highest BCUT2D eigenvalue weighted by Crippen LogP contribution is 2.41. The lowest BCUT2D eigenvalue weighted by Gasteiger charge is -2.28. The summed E-state index contributed by atoms with van der Waals surface area (Å²) in [5.74, 6) is -1.22. The van der Waals surface area contributed by atoms with Gasteiger partial charge in [0.1, 0.15) is 5.75 Å². The highest BCUT2D eigenvalue weighted by Gasteiger charge is 2.44. The average molecular weight is 483 g/mol. The largest absolute Gasteiger partial charge is 0.872 e. The number of ether oxygens (including phenoxy) is 2. The number of hydrogen-bond acceptors (Lipinski definition) is 6. The second-order valence-electron chi connectivity index (χ2n) is 8.94. The van der Waals surface area contributed by atoms with Gasteiger partial charge in [-0.1, -0.05) is 37.3 Å². The van der Waals surface area contributed by atoms with Crippen LogP contribution in [0.3, 0.4) is 0 Å². The Kier molecular flexibility index (Phi) is 8.76. The Bertz CT molecular complexity index is 1080. The van der Waals surface area contributed by atoms with Crippen LogP contribution < -0.4 is 19.5 Å². The summed E-state index contributed by atoms with van der Waals surface area (Å²) >= 11 is 0. The van der Waals surface area contributed by atoms with Gasteiger partial charge in [0.15, 0.2) is 11.5 Å². The number of likely N-dealkylation sites (tertiary alicyclic amines) is 1. The van der Waals surface area contributed by atoms with E-state index in [0.29, 0.717) is 36.4 Å². The van der Waals surface area contributed by atoms with Gasteiger partial charge in [-0.2, -0.15) is 0 Å². The summed E-state index contributed by atoms with van der Waals surface area (Å²) in [5, 5.41) is 23.6. The number of rotatable bonds is 11. The molecule has 0 aliphatic carbocycles. The lowest BCUT2D eigenvalue weighted by Crippen LogP contribution is -3.05. The van der Waals surface area contributed by atoms with Crippen molar-refractivity contribution in [3.63, 3.8) is 0 Å². The summed E-state index contributed by atoms with van der Waals surface area (Å²) in [6, 6.07) is 10.4. The lowest BCUT2D eigenvalue weighted by atomic mass is 9.95. The van der Waals surface area contributed by atoms with Crippen molar-refractivity contribution in [2.75, 3.05) is 40.9 Å². The third-order valence-corrected chi connectivity index (χ3v) is 6.01. The molecule has 1 saturated heterocycles. The molecule has 1 aliphatic rings. The maximum Gasteiger partial charge on any atom is 0.295 e. The number of phenols is 1. The molecular formula is C27H34N2O6. The topological polar surface area (TPSA) is 104 Å². The fourth-order valence-corrected chi connectivity index (χ4v) is 4.11. The molecule has 1 unspecified atom stereocenters. The predicted octanol–water partition coefficient (Wildman–Crippen LogP) is 1.34. The van der Waals surface area contributed by atoms with E-state index in [4.69, 9.17) is 9.47 Å². The number of aromatic hydroxyl groups is 1. The number of phenolic OH excluding ortho intramolecular Hbond substituents is 1. The molecule has 0 bridgehead atoms. The molecule has 2 aromatic rings. The van der Waals surface area contributed by atoms with Gasteiger partial charge < -0.3 is 29.5 Å². The summed E-state index contributed by atoms with van der Waals surface area (Å²) in [6.45, 7) is 3.78. The summed E-state index contributed by atoms with van der Waals surface area (Å²) in [7, 11) is 5.44. The number of methoxy groups -OCH3 is 1. The lowest BCUT2D eigenvalue weighted by molar-refractivity contribution is -0.858. The number of amides is 1. The first-order valence-corrected chi connectivity index (χ1v) is 11.9. The van der Waals surface area contributed by atoms with Crippen LogP contribution in [0.4, 0.5) is 0 Å². The number of ketones is 1. The normalized spacial score (nSPS) is 17.3.